The van der Waals surface area contributed by atoms with Gasteiger partial charge in [0.2, 0.25) is 0 Å². The lowest BCUT2D eigenvalue weighted by atomic mass is 9.91. The van der Waals surface area contributed by atoms with Gasteiger partial charge >= 0.3 is 6.03 Å². The Morgan fingerprint density at radius 2 is 1.75 bits per heavy atom. The SMILES string of the molecule is COc1ccc(CCn2c(C)cc(C(=O)CN3C(=O)NC(C)(c4ccc(C#N)cc4)C3=O)c2C)cc1. The zero-order valence-electron chi connectivity index (χ0n) is 20.8. The maximum Gasteiger partial charge on any atom is 0.325 e. The number of Topliss-reactive ketones (excluding diaryl/α,β-unsaturated/α-hetero) is 1. The van der Waals surface area contributed by atoms with Gasteiger partial charge in [-0.2, -0.15) is 5.26 Å². The van der Waals surface area contributed by atoms with E-state index in [0.717, 1.165) is 34.0 Å². The van der Waals surface area contributed by atoms with Crippen molar-refractivity contribution < 1.29 is 19.1 Å². The Morgan fingerprint density at radius 3 is 2.36 bits per heavy atom. The van der Waals surface area contributed by atoms with E-state index in [0.29, 0.717) is 23.2 Å². The van der Waals surface area contributed by atoms with Crippen molar-refractivity contribution in [1.29, 1.82) is 5.26 Å². The third kappa shape index (κ3) is 4.48. The molecule has 2 aromatic carbocycles. The Hall–Kier alpha value is -4.38. The lowest BCUT2D eigenvalue weighted by Gasteiger charge is -2.22. The van der Waals surface area contributed by atoms with Crippen molar-refractivity contribution >= 4 is 17.7 Å². The third-order valence-corrected chi connectivity index (χ3v) is 6.83. The number of nitrogens with one attached hydrogen (secondary N) is 1. The number of hydrogen-bond donors (Lipinski definition) is 1. The van der Waals surface area contributed by atoms with E-state index >= 15 is 0 Å². The van der Waals surface area contributed by atoms with Crippen LogP contribution in [0.15, 0.2) is 54.6 Å². The van der Waals surface area contributed by atoms with E-state index in [9.17, 15) is 14.4 Å². The first kappa shape index (κ1) is 24.7. The number of urea groups is 1. The summed E-state index contributed by atoms with van der Waals surface area (Å²) in [4.78, 5) is 40.1. The number of carbonyl (C=O) groups is 3. The molecule has 1 aliphatic rings. The number of nitrogens with zero attached hydrogens (tertiary/aromatic N) is 3. The van der Waals surface area contributed by atoms with Gasteiger partial charge < -0.3 is 14.6 Å². The molecule has 2 heterocycles. The minimum Gasteiger partial charge on any atom is -0.497 e. The maximum absolute atomic E-state index is 13.2. The van der Waals surface area contributed by atoms with Gasteiger partial charge in [0.15, 0.2) is 5.78 Å². The Kier molecular flexibility index (Phi) is 6.67. The number of benzene rings is 2. The van der Waals surface area contributed by atoms with Crippen LogP contribution in [0.3, 0.4) is 0 Å². The number of methoxy groups -OCH3 is 1. The van der Waals surface area contributed by atoms with Crippen LogP contribution < -0.4 is 10.1 Å². The summed E-state index contributed by atoms with van der Waals surface area (Å²) in [7, 11) is 1.63. The smallest absolute Gasteiger partial charge is 0.325 e. The van der Waals surface area contributed by atoms with Gasteiger partial charge in [-0.15, -0.1) is 0 Å². The lowest BCUT2D eigenvalue weighted by Crippen LogP contribution is -2.41. The summed E-state index contributed by atoms with van der Waals surface area (Å²) in [6, 6.07) is 17.6. The van der Waals surface area contributed by atoms with E-state index < -0.39 is 17.5 Å². The van der Waals surface area contributed by atoms with Crippen molar-refractivity contribution in [3.63, 3.8) is 0 Å². The largest absolute Gasteiger partial charge is 0.497 e. The number of carbonyl (C=O) groups excluding carboxylic acids is 3. The summed E-state index contributed by atoms with van der Waals surface area (Å²) in [5.41, 5.74) is 3.07. The number of aromatic nitrogens is 1. The molecule has 1 atom stereocenters. The summed E-state index contributed by atoms with van der Waals surface area (Å²) in [5, 5.41) is 11.7. The number of nitriles is 1. The van der Waals surface area contributed by atoms with Gasteiger partial charge in [0.25, 0.3) is 5.91 Å². The highest BCUT2D eigenvalue weighted by Gasteiger charge is 2.49. The summed E-state index contributed by atoms with van der Waals surface area (Å²) >= 11 is 0. The molecule has 1 N–H and O–H groups in total. The highest BCUT2D eigenvalue weighted by atomic mass is 16.5. The quantitative estimate of drug-likeness (QED) is 0.386. The normalized spacial score (nSPS) is 17.1. The molecule has 1 unspecified atom stereocenters. The Bertz CT molecular complexity index is 1370. The van der Waals surface area contributed by atoms with E-state index in [1.54, 1.807) is 38.3 Å². The molecule has 3 amide bonds. The summed E-state index contributed by atoms with van der Waals surface area (Å²) < 4.78 is 7.28. The fourth-order valence-electron chi connectivity index (χ4n) is 4.60. The minimum atomic E-state index is -1.30. The molecule has 184 valence electrons. The maximum atomic E-state index is 13.2. The van der Waals surface area contributed by atoms with Gasteiger partial charge in [0.05, 0.1) is 25.3 Å². The molecule has 36 heavy (non-hydrogen) atoms. The second kappa shape index (κ2) is 9.70. The third-order valence-electron chi connectivity index (χ3n) is 6.83. The van der Waals surface area contributed by atoms with E-state index in [1.807, 2.05) is 50.2 Å². The van der Waals surface area contributed by atoms with Gasteiger partial charge in [-0.05, 0) is 68.7 Å². The monoisotopic (exact) mass is 484 g/mol. The average Bonchev–Trinajstić information content (AvgIpc) is 3.29. The molecule has 1 fully saturated rings. The summed E-state index contributed by atoms with van der Waals surface area (Å²) in [6.45, 7) is 5.76. The van der Waals surface area contributed by atoms with Crippen molar-refractivity contribution in [3.8, 4) is 11.8 Å². The topological polar surface area (TPSA) is 104 Å². The number of rotatable bonds is 8. The zero-order valence-corrected chi connectivity index (χ0v) is 20.8. The number of imide groups is 1. The predicted octanol–water partition coefficient (Wildman–Crippen LogP) is 3.88. The molecular formula is C28H28N4O4. The van der Waals surface area contributed by atoms with Gasteiger partial charge in [-0.3, -0.25) is 14.5 Å². The van der Waals surface area contributed by atoms with Crippen molar-refractivity contribution in [3.05, 3.63) is 88.2 Å². The fourth-order valence-corrected chi connectivity index (χ4v) is 4.60. The van der Waals surface area contributed by atoms with Crippen molar-refractivity contribution in [2.24, 2.45) is 0 Å². The van der Waals surface area contributed by atoms with Crippen LogP contribution in [0.4, 0.5) is 4.79 Å². The second-order valence-corrected chi connectivity index (χ2v) is 9.09. The van der Waals surface area contributed by atoms with Gasteiger partial charge in [0, 0.05) is 23.5 Å². The van der Waals surface area contributed by atoms with Crippen molar-refractivity contribution in [1.82, 2.24) is 14.8 Å². The lowest BCUT2D eigenvalue weighted by molar-refractivity contribution is -0.130. The molecule has 0 bridgehead atoms. The van der Waals surface area contributed by atoms with Crippen molar-refractivity contribution in [2.75, 3.05) is 13.7 Å². The predicted molar refractivity (Wildman–Crippen MR) is 134 cm³/mol. The molecule has 0 spiro atoms. The van der Waals surface area contributed by atoms with E-state index in [4.69, 9.17) is 10.00 Å². The zero-order chi connectivity index (χ0) is 26.0. The first-order valence-corrected chi connectivity index (χ1v) is 11.7. The molecule has 4 rings (SSSR count). The Morgan fingerprint density at radius 1 is 1.08 bits per heavy atom. The fraction of sp³-hybridized carbons (Fsp3) is 0.286. The van der Waals surface area contributed by atoms with Crippen LogP contribution in [0.25, 0.3) is 0 Å². The molecule has 8 nitrogen and oxygen atoms in total. The number of ether oxygens (including phenoxy) is 1. The van der Waals surface area contributed by atoms with Crippen LogP contribution in [0.5, 0.6) is 5.75 Å². The molecule has 1 aromatic heterocycles. The van der Waals surface area contributed by atoms with Crippen LogP contribution in [-0.2, 0) is 23.3 Å². The first-order chi connectivity index (χ1) is 17.2. The van der Waals surface area contributed by atoms with Crippen LogP contribution in [0.1, 0.15) is 45.4 Å². The van der Waals surface area contributed by atoms with E-state index in [-0.39, 0.29) is 12.3 Å². The number of ketones is 1. The molecule has 0 saturated carbocycles. The first-order valence-electron chi connectivity index (χ1n) is 11.7. The van der Waals surface area contributed by atoms with Crippen molar-refractivity contribution in [2.45, 2.75) is 39.3 Å². The van der Waals surface area contributed by atoms with Gasteiger partial charge in [0.1, 0.15) is 11.3 Å². The van der Waals surface area contributed by atoms with Crippen LogP contribution >= 0.6 is 0 Å². The highest BCUT2D eigenvalue weighted by Crippen LogP contribution is 2.29. The van der Waals surface area contributed by atoms with E-state index in [1.165, 1.54) is 0 Å². The molecule has 1 aliphatic heterocycles. The minimum absolute atomic E-state index is 0.300. The standard InChI is InChI=1S/C28H28N4O4/c1-18-15-24(19(2)31(18)14-13-20-7-11-23(36-4)12-8-20)25(33)17-32-26(34)28(3,30-27(32)35)22-9-5-21(16-29)6-10-22/h5-12,15H,13-14,17H2,1-4H3,(H,30,35). The second-order valence-electron chi connectivity index (χ2n) is 9.09. The molecule has 0 aliphatic carbocycles. The molecule has 8 heteroatoms. The van der Waals surface area contributed by atoms with Crippen LogP contribution in [0, 0.1) is 25.2 Å². The highest BCUT2D eigenvalue weighted by molar-refractivity contribution is 6.11. The molecule has 0 radical (unpaired) electrons. The Balaban J connectivity index is 1.48. The summed E-state index contributed by atoms with van der Waals surface area (Å²) in [5.74, 6) is 0.000910. The molecule has 3 aromatic rings. The van der Waals surface area contributed by atoms with Gasteiger partial charge in [-0.25, -0.2) is 4.79 Å². The van der Waals surface area contributed by atoms with Gasteiger partial charge in [-0.1, -0.05) is 24.3 Å². The summed E-state index contributed by atoms with van der Waals surface area (Å²) in [6.07, 6.45) is 0.782. The number of aryl methyl sites for hydroxylation is 2. The van der Waals surface area contributed by atoms with Crippen LogP contribution in [-0.4, -0.2) is 40.8 Å². The number of hydrogen-bond acceptors (Lipinski definition) is 5. The molecule has 1 saturated heterocycles. The molecular weight excluding hydrogens is 456 g/mol. The average molecular weight is 485 g/mol. The van der Waals surface area contributed by atoms with Crippen LogP contribution in [0.2, 0.25) is 0 Å². The Labute approximate surface area is 210 Å². The van der Waals surface area contributed by atoms with E-state index in [2.05, 4.69) is 9.88 Å². The number of amides is 3.